The van der Waals surface area contributed by atoms with E-state index in [1.54, 1.807) is 30.3 Å². The van der Waals surface area contributed by atoms with Crippen molar-refractivity contribution in [1.29, 1.82) is 0 Å². The van der Waals surface area contributed by atoms with Crippen LogP contribution in [0.1, 0.15) is 24.9 Å². The largest absolute Gasteiger partial charge is 0.348 e. The average Bonchev–Trinajstić information content (AvgIpc) is 2.77. The van der Waals surface area contributed by atoms with E-state index in [-0.39, 0.29) is 23.4 Å². The molecule has 3 aromatic carbocycles. The number of halogens is 1. The Labute approximate surface area is 182 Å². The molecule has 1 N–H and O–H groups in total. The van der Waals surface area contributed by atoms with Gasteiger partial charge in [0.05, 0.1) is 16.6 Å². The zero-order chi connectivity index (χ0) is 21.6. The highest BCUT2D eigenvalue weighted by Crippen LogP contribution is 2.25. The number of hydrogen-bond acceptors (Lipinski definition) is 3. The lowest BCUT2D eigenvalue weighted by Crippen LogP contribution is -2.42. The first-order valence-corrected chi connectivity index (χ1v) is 11.4. The predicted octanol–water partition coefficient (Wildman–Crippen LogP) is 4.80. The summed E-state index contributed by atoms with van der Waals surface area (Å²) in [6, 6.07) is 23.9. The molecule has 5 nitrogen and oxygen atoms in total. The number of benzene rings is 3. The molecule has 0 fully saturated rings. The monoisotopic (exact) mass is 442 g/mol. The van der Waals surface area contributed by atoms with E-state index >= 15 is 0 Å². The molecule has 0 aliphatic carbocycles. The maximum Gasteiger partial charge on any atom is 0.264 e. The van der Waals surface area contributed by atoms with E-state index < -0.39 is 10.0 Å². The number of hydrogen-bond donors (Lipinski definition) is 1. The van der Waals surface area contributed by atoms with Crippen LogP contribution in [0.2, 0.25) is 5.02 Å². The van der Waals surface area contributed by atoms with Crippen LogP contribution in [0.5, 0.6) is 0 Å². The van der Waals surface area contributed by atoms with Crippen molar-refractivity contribution in [3.63, 3.8) is 0 Å². The van der Waals surface area contributed by atoms with Crippen LogP contribution in [-0.2, 0) is 14.8 Å². The normalized spacial score (nSPS) is 12.2. The summed E-state index contributed by atoms with van der Waals surface area (Å²) < 4.78 is 27.7. The summed E-state index contributed by atoms with van der Waals surface area (Å²) in [6.45, 7) is 1.63. The lowest BCUT2D eigenvalue weighted by Gasteiger charge is -2.25. The first-order chi connectivity index (χ1) is 14.4. The van der Waals surface area contributed by atoms with Gasteiger partial charge in [0, 0.05) is 5.02 Å². The maximum atomic E-state index is 13.3. The fraction of sp³-hybridized carbons (Fsp3) is 0.174. The molecule has 1 amide bonds. The molecule has 0 aliphatic rings. The quantitative estimate of drug-likeness (QED) is 0.544. The topological polar surface area (TPSA) is 66.5 Å². The summed E-state index contributed by atoms with van der Waals surface area (Å²) in [4.78, 5) is 12.9. The Morgan fingerprint density at radius 1 is 0.933 bits per heavy atom. The van der Waals surface area contributed by atoms with Crippen molar-refractivity contribution in [3.8, 4) is 0 Å². The predicted molar refractivity (Wildman–Crippen MR) is 120 cm³/mol. The van der Waals surface area contributed by atoms with E-state index in [9.17, 15) is 13.2 Å². The number of para-hydroxylation sites is 1. The molecular formula is C23H23ClN2O3S. The van der Waals surface area contributed by atoms with Gasteiger partial charge in [0.1, 0.15) is 6.54 Å². The minimum absolute atomic E-state index is 0.0682. The fourth-order valence-corrected chi connectivity index (χ4v) is 4.67. The third kappa shape index (κ3) is 5.20. The summed E-state index contributed by atoms with van der Waals surface area (Å²) in [5.74, 6) is -0.382. The second-order valence-electron chi connectivity index (χ2n) is 6.74. The Morgan fingerprint density at radius 2 is 1.50 bits per heavy atom. The summed E-state index contributed by atoms with van der Waals surface area (Å²) >= 11 is 5.90. The molecule has 0 heterocycles. The fourth-order valence-electron chi connectivity index (χ4n) is 3.12. The number of nitrogens with one attached hydrogen (secondary N) is 1. The van der Waals surface area contributed by atoms with Gasteiger partial charge in [0.2, 0.25) is 5.91 Å². The van der Waals surface area contributed by atoms with Gasteiger partial charge in [0.15, 0.2) is 0 Å². The van der Waals surface area contributed by atoms with Gasteiger partial charge in [-0.15, -0.1) is 0 Å². The first-order valence-electron chi connectivity index (χ1n) is 9.59. The second kappa shape index (κ2) is 9.78. The highest BCUT2D eigenvalue weighted by Gasteiger charge is 2.27. The Morgan fingerprint density at radius 3 is 2.07 bits per heavy atom. The van der Waals surface area contributed by atoms with Gasteiger partial charge in [-0.25, -0.2) is 8.42 Å². The molecule has 0 unspecified atom stereocenters. The van der Waals surface area contributed by atoms with Crippen molar-refractivity contribution in [2.75, 3.05) is 10.8 Å². The lowest BCUT2D eigenvalue weighted by atomic mass is 10.0. The number of carbonyl (C=O) groups excluding carboxylic acids is 1. The van der Waals surface area contributed by atoms with Gasteiger partial charge >= 0.3 is 0 Å². The second-order valence-corrected chi connectivity index (χ2v) is 9.04. The summed E-state index contributed by atoms with van der Waals surface area (Å²) in [7, 11) is -3.96. The van der Waals surface area contributed by atoms with E-state index in [0.717, 1.165) is 9.87 Å². The van der Waals surface area contributed by atoms with Crippen LogP contribution < -0.4 is 9.62 Å². The molecule has 0 aromatic heterocycles. The number of nitrogens with zero attached hydrogens (tertiary/aromatic N) is 1. The third-order valence-electron chi connectivity index (χ3n) is 4.68. The van der Waals surface area contributed by atoms with Gasteiger partial charge < -0.3 is 5.32 Å². The van der Waals surface area contributed by atoms with Gasteiger partial charge in [-0.1, -0.05) is 67.1 Å². The molecule has 3 aromatic rings. The number of sulfonamides is 1. The molecule has 0 bridgehead atoms. The number of amides is 1. The zero-order valence-corrected chi connectivity index (χ0v) is 18.1. The number of rotatable bonds is 8. The van der Waals surface area contributed by atoms with E-state index in [2.05, 4.69) is 5.32 Å². The van der Waals surface area contributed by atoms with Crippen LogP contribution in [0.15, 0.2) is 89.8 Å². The molecule has 0 saturated carbocycles. The molecule has 156 valence electrons. The van der Waals surface area contributed by atoms with Crippen LogP contribution in [-0.4, -0.2) is 20.9 Å². The summed E-state index contributed by atoms with van der Waals surface area (Å²) in [6.07, 6.45) is 0.686. The Kier molecular flexibility index (Phi) is 7.13. The van der Waals surface area contributed by atoms with Crippen LogP contribution in [0, 0.1) is 0 Å². The molecule has 0 radical (unpaired) electrons. The van der Waals surface area contributed by atoms with Crippen LogP contribution in [0.3, 0.4) is 0 Å². The molecule has 0 aliphatic heterocycles. The molecule has 1 atom stereocenters. The van der Waals surface area contributed by atoms with Crippen molar-refractivity contribution >= 4 is 33.2 Å². The third-order valence-corrected chi connectivity index (χ3v) is 6.72. The van der Waals surface area contributed by atoms with Gasteiger partial charge in [0.25, 0.3) is 10.0 Å². The first kappa shape index (κ1) is 21.9. The molecule has 30 heavy (non-hydrogen) atoms. The van der Waals surface area contributed by atoms with E-state index in [0.29, 0.717) is 17.1 Å². The highest BCUT2D eigenvalue weighted by atomic mass is 35.5. The van der Waals surface area contributed by atoms with Crippen molar-refractivity contribution in [3.05, 3.63) is 95.5 Å². The minimum atomic E-state index is -3.96. The molecule has 3 rings (SSSR count). The van der Waals surface area contributed by atoms with E-state index in [1.807, 2.05) is 37.3 Å². The Bertz CT molecular complexity index is 1070. The highest BCUT2D eigenvalue weighted by molar-refractivity contribution is 7.92. The maximum absolute atomic E-state index is 13.3. The van der Waals surface area contributed by atoms with Crippen molar-refractivity contribution in [1.82, 2.24) is 5.32 Å². The van der Waals surface area contributed by atoms with Gasteiger partial charge in [-0.3, -0.25) is 9.10 Å². The zero-order valence-electron chi connectivity index (χ0n) is 16.5. The van der Waals surface area contributed by atoms with Crippen LogP contribution >= 0.6 is 11.6 Å². The molecule has 7 heteroatoms. The smallest absolute Gasteiger partial charge is 0.264 e. The summed E-state index contributed by atoms with van der Waals surface area (Å²) in [5, 5.41) is 3.39. The van der Waals surface area contributed by atoms with E-state index in [4.69, 9.17) is 11.6 Å². The van der Waals surface area contributed by atoms with Crippen LogP contribution in [0.25, 0.3) is 0 Å². The van der Waals surface area contributed by atoms with Crippen LogP contribution in [0.4, 0.5) is 5.69 Å². The standard InChI is InChI=1S/C23H23ClN2O3S/c1-2-22(18-9-5-3-6-10-18)25-23(27)17-26(20-11-7-4-8-12-20)30(28,29)21-15-13-19(24)14-16-21/h3-16,22H,2,17H2,1H3,(H,25,27)/t22-/m1/s1. The molecule has 0 saturated heterocycles. The van der Waals surface area contributed by atoms with Gasteiger partial charge in [-0.05, 0) is 48.4 Å². The van der Waals surface area contributed by atoms with Gasteiger partial charge in [-0.2, -0.15) is 0 Å². The Balaban J connectivity index is 1.88. The average molecular weight is 443 g/mol. The Hall–Kier alpha value is -2.83. The van der Waals surface area contributed by atoms with Crippen molar-refractivity contribution < 1.29 is 13.2 Å². The summed E-state index contributed by atoms with van der Waals surface area (Å²) in [5.41, 5.74) is 1.38. The molecular weight excluding hydrogens is 420 g/mol. The number of carbonyl (C=O) groups is 1. The van der Waals surface area contributed by atoms with Crippen molar-refractivity contribution in [2.45, 2.75) is 24.3 Å². The lowest BCUT2D eigenvalue weighted by molar-refractivity contribution is -0.120. The minimum Gasteiger partial charge on any atom is -0.348 e. The SMILES string of the molecule is CC[C@@H](NC(=O)CN(c1ccccc1)S(=O)(=O)c1ccc(Cl)cc1)c1ccccc1. The number of anilines is 1. The molecule has 0 spiro atoms. The van der Waals surface area contributed by atoms with Crippen molar-refractivity contribution in [2.24, 2.45) is 0 Å². The van der Waals surface area contributed by atoms with E-state index in [1.165, 1.54) is 24.3 Å².